The average molecular weight is 1340 g/mol. The molecule has 0 fully saturated rings. The van der Waals surface area contributed by atoms with E-state index >= 15 is 0 Å². The zero-order valence-corrected chi connectivity index (χ0v) is 59.0. The summed E-state index contributed by atoms with van der Waals surface area (Å²) >= 11 is 0. The highest BCUT2D eigenvalue weighted by Crippen LogP contribution is 2.45. The molecule has 0 aromatic carbocycles. The van der Waals surface area contributed by atoms with Gasteiger partial charge < -0.3 is 33.8 Å². The number of ether oxygens (including phenoxy) is 4. The predicted octanol–water partition coefficient (Wildman–Crippen LogP) is 19.4. The highest BCUT2D eigenvalue weighted by atomic mass is 31.2. The minimum atomic E-state index is -4.98. The number of aliphatic hydroxyl groups excluding tert-OH is 1. The number of phosphoric acid groups is 2. The van der Waals surface area contributed by atoms with Crippen LogP contribution in [-0.4, -0.2) is 96.7 Å². The standard InChI is InChI=1S/C73H124O17P2/c1-5-9-13-17-21-25-29-31-33-35-39-41-45-49-53-57-70(75)83-63-68(89-72(77)59-55-51-47-43-37-27-23-19-15-11-7-3)65-87-91(79,80)85-61-67(74)62-86-92(81,82)88-66-69(90-73(78)60-56-52-48-44-38-28-24-20-16-12-8-4)64-84-71(76)58-54-50-46-42-40-36-34-32-30-26-22-18-14-10-6-2/h9-10,13-14,19,21-23,25-26,31-34,39-42,67-69,74H,5-8,11-12,15-18,20,24,27-30,35-38,43-66H2,1-4H3,(H,79,80)(H,81,82)/b13-9-,14-10-,23-19-,25-21-,26-22-,33-31-,34-32-,41-39-,42-40-. The highest BCUT2D eigenvalue weighted by molar-refractivity contribution is 7.47. The molecule has 0 spiro atoms. The second kappa shape index (κ2) is 65.4. The Morgan fingerprint density at radius 1 is 0.315 bits per heavy atom. The SMILES string of the molecule is CC/C=C\C/C=C\C/C=C\C/C=C\CCCCC(=O)OCC(COP(=O)(O)OCC(O)COP(=O)(O)OCC(COC(=O)CCCC/C=C\C/C=C\C/C=C\C/C=C\CC)OC(=O)CCCCCCCCCCCCC)OC(=O)CCCCCCC/C=C\CCCC. The van der Waals surface area contributed by atoms with E-state index in [1.165, 1.54) is 51.4 Å². The first kappa shape index (κ1) is 87.7. The molecule has 0 heterocycles. The normalized spacial score (nSPS) is 14.7. The van der Waals surface area contributed by atoms with Crippen molar-refractivity contribution in [2.45, 2.75) is 290 Å². The third-order valence-electron chi connectivity index (χ3n) is 14.2. The summed E-state index contributed by atoms with van der Waals surface area (Å²) in [5.74, 6) is -2.28. The van der Waals surface area contributed by atoms with Crippen molar-refractivity contribution < 1.29 is 80.2 Å². The van der Waals surface area contributed by atoms with Crippen LogP contribution in [0.4, 0.5) is 0 Å². The van der Waals surface area contributed by atoms with Crippen LogP contribution in [0.15, 0.2) is 109 Å². The van der Waals surface area contributed by atoms with Crippen molar-refractivity contribution in [3.05, 3.63) is 109 Å². The van der Waals surface area contributed by atoms with Gasteiger partial charge in [0, 0.05) is 25.7 Å². The lowest BCUT2D eigenvalue weighted by atomic mass is 10.1. The largest absolute Gasteiger partial charge is 0.472 e. The lowest BCUT2D eigenvalue weighted by Crippen LogP contribution is -2.30. The summed E-state index contributed by atoms with van der Waals surface area (Å²) in [7, 11) is -9.96. The quantitative estimate of drug-likeness (QED) is 0.0169. The topological polar surface area (TPSA) is 237 Å². The molecule has 528 valence electrons. The summed E-state index contributed by atoms with van der Waals surface area (Å²) in [5.41, 5.74) is 0. The molecule has 0 amide bonds. The monoisotopic (exact) mass is 1330 g/mol. The first-order chi connectivity index (χ1) is 44.7. The lowest BCUT2D eigenvalue weighted by molar-refractivity contribution is -0.161. The summed E-state index contributed by atoms with van der Waals surface area (Å²) in [6, 6.07) is 0. The van der Waals surface area contributed by atoms with E-state index in [0.29, 0.717) is 25.7 Å². The molecule has 0 aliphatic heterocycles. The number of carbonyl (C=O) groups is 4. The van der Waals surface area contributed by atoms with Gasteiger partial charge in [-0.25, -0.2) is 9.13 Å². The molecule has 0 saturated heterocycles. The zero-order valence-electron chi connectivity index (χ0n) is 57.2. The van der Waals surface area contributed by atoms with Crippen molar-refractivity contribution in [3.63, 3.8) is 0 Å². The van der Waals surface area contributed by atoms with Crippen LogP contribution in [0.1, 0.15) is 272 Å². The fourth-order valence-corrected chi connectivity index (χ4v) is 10.5. The van der Waals surface area contributed by atoms with Crippen molar-refractivity contribution >= 4 is 39.5 Å². The Bertz CT molecular complexity index is 2180. The number of hydrogen-bond donors (Lipinski definition) is 3. The Labute approximate surface area is 556 Å². The molecule has 0 radical (unpaired) electrons. The Morgan fingerprint density at radius 2 is 0.576 bits per heavy atom. The maximum absolute atomic E-state index is 13.0. The van der Waals surface area contributed by atoms with Gasteiger partial charge in [-0.05, 0) is 122 Å². The van der Waals surface area contributed by atoms with E-state index in [-0.39, 0.29) is 25.7 Å². The van der Waals surface area contributed by atoms with Gasteiger partial charge in [-0.1, -0.05) is 233 Å². The zero-order chi connectivity index (χ0) is 67.5. The van der Waals surface area contributed by atoms with Crippen LogP contribution >= 0.6 is 15.6 Å². The van der Waals surface area contributed by atoms with Crippen molar-refractivity contribution in [2.75, 3.05) is 39.6 Å². The van der Waals surface area contributed by atoms with Crippen LogP contribution < -0.4 is 0 Å². The van der Waals surface area contributed by atoms with Crippen LogP contribution in [0, 0.1) is 0 Å². The molecule has 0 saturated carbocycles. The third-order valence-corrected chi connectivity index (χ3v) is 16.1. The summed E-state index contributed by atoms with van der Waals surface area (Å²) in [4.78, 5) is 72.5. The van der Waals surface area contributed by atoms with Crippen molar-refractivity contribution in [1.82, 2.24) is 0 Å². The third kappa shape index (κ3) is 64.4. The number of carbonyl (C=O) groups excluding carboxylic acids is 4. The maximum atomic E-state index is 13.0. The molecule has 0 bridgehead atoms. The van der Waals surface area contributed by atoms with E-state index in [1.807, 2.05) is 0 Å². The van der Waals surface area contributed by atoms with Crippen LogP contribution in [0.25, 0.3) is 0 Å². The molecule has 0 aromatic rings. The van der Waals surface area contributed by atoms with E-state index in [9.17, 15) is 43.2 Å². The van der Waals surface area contributed by atoms with Gasteiger partial charge in [0.15, 0.2) is 12.2 Å². The Morgan fingerprint density at radius 3 is 0.935 bits per heavy atom. The summed E-state index contributed by atoms with van der Waals surface area (Å²) in [6.45, 7) is 4.46. The van der Waals surface area contributed by atoms with Crippen molar-refractivity contribution in [3.8, 4) is 0 Å². The van der Waals surface area contributed by atoms with Gasteiger partial charge in [0.05, 0.1) is 26.4 Å². The molecule has 0 aliphatic carbocycles. The smallest absolute Gasteiger partial charge is 0.462 e. The molecule has 0 aromatic heterocycles. The van der Waals surface area contributed by atoms with Crippen LogP contribution in [-0.2, 0) is 65.4 Å². The summed E-state index contributed by atoms with van der Waals surface area (Å²) in [6.07, 6.45) is 66.9. The maximum Gasteiger partial charge on any atom is 0.472 e. The second-order valence-corrected chi connectivity index (χ2v) is 26.0. The van der Waals surface area contributed by atoms with E-state index < -0.39 is 97.5 Å². The van der Waals surface area contributed by atoms with E-state index in [1.54, 1.807) is 0 Å². The van der Waals surface area contributed by atoms with E-state index in [2.05, 4.69) is 137 Å². The number of hydrogen-bond acceptors (Lipinski definition) is 15. The van der Waals surface area contributed by atoms with Gasteiger partial charge in [-0.3, -0.25) is 37.3 Å². The molecular weight excluding hydrogens is 1210 g/mol. The van der Waals surface area contributed by atoms with E-state index in [0.717, 1.165) is 141 Å². The highest BCUT2D eigenvalue weighted by Gasteiger charge is 2.30. The van der Waals surface area contributed by atoms with Gasteiger partial charge in [-0.15, -0.1) is 0 Å². The van der Waals surface area contributed by atoms with Crippen LogP contribution in [0.3, 0.4) is 0 Å². The lowest BCUT2D eigenvalue weighted by Gasteiger charge is -2.21. The van der Waals surface area contributed by atoms with E-state index in [4.69, 9.17) is 37.0 Å². The van der Waals surface area contributed by atoms with Gasteiger partial charge in [-0.2, -0.15) is 0 Å². The van der Waals surface area contributed by atoms with Crippen molar-refractivity contribution in [2.24, 2.45) is 0 Å². The summed E-state index contributed by atoms with van der Waals surface area (Å²) in [5, 5.41) is 10.6. The number of phosphoric ester groups is 2. The summed E-state index contributed by atoms with van der Waals surface area (Å²) < 4.78 is 68.1. The van der Waals surface area contributed by atoms with Gasteiger partial charge in [0.2, 0.25) is 0 Å². The number of allylic oxidation sites excluding steroid dienone is 18. The van der Waals surface area contributed by atoms with Gasteiger partial charge >= 0.3 is 39.5 Å². The number of aliphatic hydroxyl groups is 1. The average Bonchev–Trinajstić information content (AvgIpc) is 2.55. The molecule has 3 N–H and O–H groups in total. The molecule has 0 rings (SSSR count). The first-order valence-electron chi connectivity index (χ1n) is 35.1. The predicted molar refractivity (Wildman–Crippen MR) is 372 cm³/mol. The molecule has 5 unspecified atom stereocenters. The molecule has 17 nitrogen and oxygen atoms in total. The fourth-order valence-electron chi connectivity index (χ4n) is 8.89. The number of esters is 4. The minimum Gasteiger partial charge on any atom is -0.462 e. The molecule has 92 heavy (non-hydrogen) atoms. The number of unbranched alkanes of at least 4 members (excludes halogenated alkanes) is 21. The Hall–Kier alpha value is -4.28. The Balaban J connectivity index is 5.37. The first-order valence-corrected chi connectivity index (χ1v) is 38.1. The van der Waals surface area contributed by atoms with Crippen LogP contribution in [0.2, 0.25) is 0 Å². The van der Waals surface area contributed by atoms with Crippen LogP contribution in [0.5, 0.6) is 0 Å². The molecule has 19 heteroatoms. The van der Waals surface area contributed by atoms with Gasteiger partial charge in [0.25, 0.3) is 0 Å². The molecular formula is C73H124O17P2. The van der Waals surface area contributed by atoms with Gasteiger partial charge in [0.1, 0.15) is 19.3 Å². The number of rotatable bonds is 65. The molecule has 5 atom stereocenters. The fraction of sp³-hybridized carbons (Fsp3) is 0.699. The second-order valence-electron chi connectivity index (χ2n) is 23.1. The van der Waals surface area contributed by atoms with Crippen molar-refractivity contribution in [1.29, 1.82) is 0 Å². The minimum absolute atomic E-state index is 0.0733. The Kier molecular flexibility index (Phi) is 62.3. The molecule has 0 aliphatic rings.